The number of nitriles is 1. The van der Waals surface area contributed by atoms with Crippen molar-refractivity contribution in [1.82, 2.24) is 40.3 Å². The van der Waals surface area contributed by atoms with Crippen LogP contribution < -0.4 is 30.1 Å². The van der Waals surface area contributed by atoms with Crippen molar-refractivity contribution in [2.45, 2.75) is 124 Å². The molecule has 6 aliphatic rings. The van der Waals surface area contributed by atoms with Crippen LogP contribution in [0.3, 0.4) is 0 Å². The van der Waals surface area contributed by atoms with Gasteiger partial charge in [0.2, 0.25) is 10.0 Å². The van der Waals surface area contributed by atoms with E-state index in [1.54, 1.807) is 24.3 Å². The lowest BCUT2D eigenvalue weighted by Gasteiger charge is -2.36. The normalized spacial score (nSPS) is 22.2. The van der Waals surface area contributed by atoms with E-state index in [0.29, 0.717) is 138 Å². The predicted molar refractivity (Wildman–Crippen MR) is 346 cm³/mol. The Bertz CT molecular complexity index is 3320. The van der Waals surface area contributed by atoms with Crippen molar-refractivity contribution in [3.8, 4) is 17.6 Å². The number of benzene rings is 4. The van der Waals surface area contributed by atoms with Crippen LogP contribution in [0.25, 0.3) is 4.85 Å². The summed E-state index contributed by atoms with van der Waals surface area (Å²) in [4.78, 5) is 37.2. The summed E-state index contributed by atoms with van der Waals surface area (Å²) in [7, 11) is -7.86. The number of ketones is 1. The molecule has 0 saturated carbocycles. The molecule has 0 aromatic heterocycles. The van der Waals surface area contributed by atoms with E-state index in [1.807, 2.05) is 0 Å². The third kappa shape index (κ3) is 18.2. The quantitative estimate of drug-likeness (QED) is 0.0273. The average Bonchev–Trinajstić information content (AvgIpc) is 1.61. The van der Waals surface area contributed by atoms with Crippen LogP contribution in [0.5, 0.6) is 11.5 Å². The zero-order valence-electron chi connectivity index (χ0n) is 52.0. The van der Waals surface area contributed by atoms with Crippen molar-refractivity contribution in [2.24, 2.45) is 5.92 Å². The van der Waals surface area contributed by atoms with Crippen molar-refractivity contribution in [3.05, 3.63) is 122 Å². The zero-order chi connectivity index (χ0) is 64.8. The number of ether oxygens (including phenoxy) is 4. The highest BCUT2D eigenvalue weighted by Gasteiger charge is 2.43. The Morgan fingerprint density at radius 2 is 1.29 bits per heavy atom. The largest absolute Gasteiger partial charge is 0.481 e. The minimum atomic E-state index is -4.06. The first-order chi connectivity index (χ1) is 44.4. The van der Waals surface area contributed by atoms with Gasteiger partial charge in [-0.3, -0.25) is 19.5 Å². The number of urea groups is 1. The molecule has 10 rings (SSSR count). The number of sulfone groups is 1. The molecular weight excluding hydrogens is 1270 g/mol. The Balaban J connectivity index is 0.531. The fourth-order valence-corrected chi connectivity index (χ4v) is 17.1. The molecule has 4 aromatic carbocycles. The third-order valence-corrected chi connectivity index (χ3v) is 22.4. The van der Waals surface area contributed by atoms with Crippen LogP contribution in [-0.2, 0) is 47.0 Å². The van der Waals surface area contributed by atoms with Crippen molar-refractivity contribution in [1.29, 1.82) is 5.26 Å². The van der Waals surface area contributed by atoms with Gasteiger partial charge < -0.3 is 39.8 Å². The SMILES string of the molecule is [C-]#[N+]c1cc(Cl)cc2c1C[C@H](N1CCCCC1)[C@H]2Oc1ccc(S(=O)(=O)N[C@H]2CCN(CCOCCNC(=O)NCCCCCC(=O)CCCOCCN3CC[C@H](CS(=O)(=O)c4ccc(O[C@H]5c6cc(Cl)cc(C#N)c6C[C@@H]5N5CCNCC5)c(F)c4)C3)C2)cc1F. The number of nitrogens with zero attached hydrogens (tertiary/aromatic N) is 6. The third-order valence-electron chi connectivity index (χ3n) is 18.5. The molecule has 6 atom stereocenters. The molecular formula is C66H84Cl2F2N10O10S2. The Hall–Kier alpha value is -5.58. The first kappa shape index (κ1) is 69.3. The number of piperidine rings is 1. The minimum absolute atomic E-state index is 0.0601. The van der Waals surface area contributed by atoms with Gasteiger partial charge in [0, 0.05) is 101 Å². The number of sulfonamides is 1. The van der Waals surface area contributed by atoms with Crippen LogP contribution in [-0.4, -0.2) is 190 Å². The highest BCUT2D eigenvalue weighted by Crippen LogP contribution is 2.46. The summed E-state index contributed by atoms with van der Waals surface area (Å²) in [6, 6.07) is 15.7. The first-order valence-corrected chi connectivity index (χ1v) is 36.3. The molecule has 4 fully saturated rings. The molecule has 0 radical (unpaired) electrons. The molecule has 92 heavy (non-hydrogen) atoms. The number of hydrogen-bond acceptors (Lipinski definition) is 16. The number of fused-ring (bicyclic) bond motifs is 2. The maximum absolute atomic E-state index is 15.8. The molecule has 4 aliphatic heterocycles. The van der Waals surface area contributed by atoms with Crippen LogP contribution in [0.15, 0.2) is 70.5 Å². The summed E-state index contributed by atoms with van der Waals surface area (Å²) < 4.78 is 113. The lowest BCUT2D eigenvalue weighted by Crippen LogP contribution is -2.50. The monoisotopic (exact) mass is 1350 g/mol. The number of rotatable bonds is 31. The van der Waals surface area contributed by atoms with Gasteiger partial charge in [-0.25, -0.2) is 40.0 Å². The minimum Gasteiger partial charge on any atom is -0.481 e. The van der Waals surface area contributed by atoms with Crippen LogP contribution >= 0.6 is 23.2 Å². The van der Waals surface area contributed by atoms with Crippen LogP contribution in [0.2, 0.25) is 10.0 Å². The van der Waals surface area contributed by atoms with Gasteiger partial charge in [0.15, 0.2) is 38.7 Å². The van der Waals surface area contributed by atoms with E-state index in [1.165, 1.54) is 24.3 Å². The van der Waals surface area contributed by atoms with Gasteiger partial charge in [0.1, 0.15) is 18.0 Å². The van der Waals surface area contributed by atoms with Gasteiger partial charge in [0.25, 0.3) is 0 Å². The van der Waals surface area contributed by atoms with Gasteiger partial charge in [-0.05, 0) is 173 Å². The molecule has 0 bridgehead atoms. The van der Waals surface area contributed by atoms with Gasteiger partial charge in [0.05, 0.1) is 65.7 Å². The van der Waals surface area contributed by atoms with E-state index >= 15 is 8.78 Å². The number of amides is 2. The number of likely N-dealkylation sites (tertiary alicyclic amines) is 3. The molecule has 4 N–H and O–H groups in total. The van der Waals surface area contributed by atoms with E-state index in [2.05, 4.69) is 51.2 Å². The van der Waals surface area contributed by atoms with Crippen molar-refractivity contribution >= 4 is 60.6 Å². The second-order valence-corrected chi connectivity index (χ2v) is 29.5. The smallest absolute Gasteiger partial charge is 0.314 e. The highest BCUT2D eigenvalue weighted by molar-refractivity contribution is 7.91. The van der Waals surface area contributed by atoms with E-state index in [9.17, 15) is 31.7 Å². The van der Waals surface area contributed by atoms with E-state index in [0.717, 1.165) is 119 Å². The molecule has 2 amide bonds. The lowest BCUT2D eigenvalue weighted by atomic mass is 10.0. The second kappa shape index (κ2) is 32.7. The summed E-state index contributed by atoms with van der Waals surface area (Å²) >= 11 is 12.8. The maximum atomic E-state index is 15.8. The molecule has 2 aliphatic carbocycles. The molecule has 0 unspecified atom stereocenters. The lowest BCUT2D eigenvalue weighted by molar-refractivity contribution is -0.119. The Morgan fingerprint density at radius 1 is 0.685 bits per heavy atom. The van der Waals surface area contributed by atoms with Crippen LogP contribution in [0.4, 0.5) is 19.3 Å². The molecule has 4 saturated heterocycles. The number of unbranched alkanes of at least 4 members (excludes halogenated alkanes) is 2. The second-order valence-electron chi connectivity index (χ2n) is 24.9. The predicted octanol–water partition coefficient (Wildman–Crippen LogP) is 8.57. The first-order valence-electron chi connectivity index (χ1n) is 32.4. The van der Waals surface area contributed by atoms with E-state index < -0.39 is 43.7 Å². The Labute approximate surface area is 549 Å². The van der Waals surface area contributed by atoms with Gasteiger partial charge >= 0.3 is 6.03 Å². The average molecular weight is 1350 g/mol. The van der Waals surface area contributed by atoms with E-state index in [4.69, 9.17) is 48.7 Å². The fraction of sp³-hybridized carbons (Fsp3) is 0.576. The molecule has 20 nitrogen and oxygen atoms in total. The summed E-state index contributed by atoms with van der Waals surface area (Å²) in [6.45, 7) is 18.6. The number of hydrogen-bond donors (Lipinski definition) is 4. The summed E-state index contributed by atoms with van der Waals surface area (Å²) in [5.74, 6) is -1.76. The number of halogens is 4. The van der Waals surface area contributed by atoms with Crippen molar-refractivity contribution in [3.63, 3.8) is 0 Å². The van der Waals surface area contributed by atoms with E-state index in [-0.39, 0.29) is 62.9 Å². The number of carbonyl (C=O) groups is 2. The summed E-state index contributed by atoms with van der Waals surface area (Å²) in [5.41, 5.74) is 4.11. The maximum Gasteiger partial charge on any atom is 0.314 e. The summed E-state index contributed by atoms with van der Waals surface area (Å²) in [5, 5.41) is 19.6. The zero-order valence-corrected chi connectivity index (χ0v) is 55.1. The van der Waals surface area contributed by atoms with Gasteiger partial charge in [-0.2, -0.15) is 5.26 Å². The van der Waals surface area contributed by atoms with Gasteiger partial charge in [-0.15, -0.1) is 0 Å². The molecule has 498 valence electrons. The topological polar surface area (TPSA) is 229 Å². The van der Waals surface area contributed by atoms with Crippen molar-refractivity contribution < 1.29 is 54.2 Å². The Morgan fingerprint density at radius 3 is 1.99 bits per heavy atom. The number of piperazine rings is 1. The standard InChI is InChI=1S/C66H84Cl2F2N10O10S2/c1-72-59-36-48(68)35-56-54(59)40-61(79-21-6-3-7-22-79)65(56)90-63-14-12-52(38-58(63)70)92(85,86)76-49-16-24-78(43-49)28-32-88-30-20-75-66(82)74-17-5-2-4-9-50(81)10-8-29-87-31-27-77-23-15-45(42-77)44-91(83,84)51-11-13-62(57(69)37-51)89-64-55-34-47(67)33-46(41-71)53(55)39-60(64)80-25-18-73-19-26-80/h11-14,33-38,45,49,60-61,64-65,73,76H,2-10,15-32,39-40,42-44H2,(H2,74,75,82)/t45-,49-,60-,61-,64-,65-/m0/s1. The van der Waals surface area contributed by atoms with Crippen LogP contribution in [0, 0.1) is 35.5 Å². The summed E-state index contributed by atoms with van der Waals surface area (Å²) in [6.07, 6.45) is 8.15. The Kier molecular flexibility index (Phi) is 24.6. The molecule has 0 spiro atoms. The van der Waals surface area contributed by atoms with Gasteiger partial charge in [-0.1, -0.05) is 36.0 Å². The van der Waals surface area contributed by atoms with Crippen molar-refractivity contribution in [2.75, 3.05) is 124 Å². The highest BCUT2D eigenvalue weighted by atomic mass is 35.5. The number of carbonyl (C=O) groups excluding carboxylic acids is 2. The molecule has 4 heterocycles. The molecule has 26 heteroatoms. The van der Waals surface area contributed by atoms with Crippen LogP contribution in [0.1, 0.15) is 111 Å². The fourth-order valence-electron chi connectivity index (χ4n) is 13.8. The number of Topliss-reactive ketones (excluding diaryl/α,β-unsaturated/α-hetero) is 1. The molecule has 4 aromatic rings. The number of nitrogens with one attached hydrogen (secondary N) is 4.